The van der Waals surface area contributed by atoms with Crippen LogP contribution in [0.5, 0.6) is 5.75 Å². The maximum Gasteiger partial charge on any atom is 0.342 e. The fraction of sp³-hybridized carbons (Fsp3) is 0.333. The van der Waals surface area contributed by atoms with Crippen LogP contribution in [-0.4, -0.2) is 34.9 Å². The number of carbonyl (C=O) groups is 2. The molecule has 0 spiro atoms. The van der Waals surface area contributed by atoms with Gasteiger partial charge in [0.25, 0.3) is 0 Å². The molecule has 1 aromatic rings. The predicted molar refractivity (Wildman–Crippen MR) is 71.2 cm³/mol. The van der Waals surface area contributed by atoms with Crippen LogP contribution in [-0.2, 0) is 9.53 Å². The first-order valence-corrected chi connectivity index (χ1v) is 6.41. The number of halogens is 2. The number of carboxylic acids is 1. The second kappa shape index (κ2) is 6.67. The van der Waals surface area contributed by atoms with Gasteiger partial charge >= 0.3 is 11.9 Å². The number of benzene rings is 1. The number of rotatable bonds is 5. The first kappa shape index (κ1) is 16.4. The van der Waals surface area contributed by atoms with E-state index in [9.17, 15) is 19.1 Å². The molecule has 8 heteroatoms. The fourth-order valence-corrected chi connectivity index (χ4v) is 2.17. The van der Waals surface area contributed by atoms with Gasteiger partial charge in [-0.1, -0.05) is 15.9 Å². The Balaban J connectivity index is 3.21. The van der Waals surface area contributed by atoms with Gasteiger partial charge < -0.3 is 20.7 Å². The second-order valence-electron chi connectivity index (χ2n) is 3.84. The number of nitrogens with two attached hydrogens (primary N) is 1. The molecule has 0 fully saturated rings. The summed E-state index contributed by atoms with van der Waals surface area (Å²) in [4.78, 5) is 22.2. The van der Waals surface area contributed by atoms with Gasteiger partial charge in [0.2, 0.25) is 6.17 Å². The molecule has 1 unspecified atom stereocenters. The van der Waals surface area contributed by atoms with E-state index in [1.54, 1.807) is 0 Å². The number of carboxylic acid groups (broad SMARTS) is 1. The third kappa shape index (κ3) is 3.26. The van der Waals surface area contributed by atoms with Crippen LogP contribution in [0.3, 0.4) is 0 Å². The van der Waals surface area contributed by atoms with Crippen molar-refractivity contribution in [3.05, 3.63) is 27.7 Å². The highest BCUT2D eigenvalue weighted by Gasteiger charge is 2.32. The number of carbonyl (C=O) groups excluding carboxylic acids is 1. The van der Waals surface area contributed by atoms with Crippen molar-refractivity contribution in [1.29, 1.82) is 0 Å². The zero-order chi connectivity index (χ0) is 15.4. The highest BCUT2D eigenvalue weighted by Crippen LogP contribution is 2.36. The Kier molecular flexibility index (Phi) is 5.46. The van der Waals surface area contributed by atoms with E-state index < -0.39 is 35.5 Å². The molecule has 0 radical (unpaired) electrons. The van der Waals surface area contributed by atoms with E-state index in [-0.39, 0.29) is 16.6 Å². The molecule has 0 saturated carbocycles. The zero-order valence-corrected chi connectivity index (χ0v) is 12.1. The second-order valence-corrected chi connectivity index (χ2v) is 4.70. The summed E-state index contributed by atoms with van der Waals surface area (Å²) in [6.45, 7) is 1.49. The number of hydrogen-bond acceptors (Lipinski definition) is 5. The number of hydrogen-bond donors (Lipinski definition) is 3. The molecule has 1 rings (SSSR count). The van der Waals surface area contributed by atoms with Crippen LogP contribution in [0.15, 0.2) is 16.6 Å². The highest BCUT2D eigenvalue weighted by atomic mass is 79.9. The van der Waals surface area contributed by atoms with E-state index in [4.69, 9.17) is 10.8 Å². The quantitative estimate of drug-likeness (QED) is 0.698. The van der Waals surface area contributed by atoms with Gasteiger partial charge in [0, 0.05) is 10.0 Å². The van der Waals surface area contributed by atoms with Crippen LogP contribution >= 0.6 is 15.9 Å². The predicted octanol–water partition coefficient (Wildman–Crippen LogP) is 1.75. The Morgan fingerprint density at radius 3 is 2.60 bits per heavy atom. The number of phenols is 1. The number of aromatic carboxylic acids is 1. The van der Waals surface area contributed by atoms with Crippen molar-refractivity contribution < 1.29 is 28.9 Å². The Morgan fingerprint density at radius 2 is 2.10 bits per heavy atom. The lowest BCUT2D eigenvalue weighted by Crippen LogP contribution is -2.32. The zero-order valence-electron chi connectivity index (χ0n) is 10.5. The van der Waals surface area contributed by atoms with Crippen molar-refractivity contribution in [2.45, 2.75) is 19.1 Å². The molecule has 0 aromatic heterocycles. The summed E-state index contributed by atoms with van der Waals surface area (Å²) < 4.78 is 18.6. The summed E-state index contributed by atoms with van der Waals surface area (Å²) in [5.74, 6) is -3.26. The molecule has 0 aliphatic heterocycles. The van der Waals surface area contributed by atoms with E-state index in [0.29, 0.717) is 0 Å². The van der Waals surface area contributed by atoms with Crippen molar-refractivity contribution in [3.8, 4) is 5.75 Å². The molecule has 0 aliphatic carbocycles. The summed E-state index contributed by atoms with van der Waals surface area (Å²) >= 11 is 3.04. The van der Waals surface area contributed by atoms with Gasteiger partial charge in [0.1, 0.15) is 11.3 Å². The number of ether oxygens (including phenoxy) is 1. The van der Waals surface area contributed by atoms with Gasteiger partial charge in [-0.3, -0.25) is 0 Å². The highest BCUT2D eigenvalue weighted by molar-refractivity contribution is 9.10. The average molecular weight is 350 g/mol. The molecule has 20 heavy (non-hydrogen) atoms. The molecule has 0 heterocycles. The number of aromatic hydroxyl groups is 1. The van der Waals surface area contributed by atoms with Crippen LogP contribution in [0.4, 0.5) is 4.39 Å². The Morgan fingerprint density at radius 1 is 1.50 bits per heavy atom. The number of alkyl halides is 1. The van der Waals surface area contributed by atoms with Crippen molar-refractivity contribution >= 4 is 27.9 Å². The topological polar surface area (TPSA) is 110 Å². The minimum Gasteiger partial charge on any atom is -0.507 e. The summed E-state index contributed by atoms with van der Waals surface area (Å²) in [7, 11) is 0. The van der Waals surface area contributed by atoms with Crippen LogP contribution in [0.1, 0.15) is 28.9 Å². The summed E-state index contributed by atoms with van der Waals surface area (Å²) in [5.41, 5.74) is 4.94. The van der Waals surface area contributed by atoms with Crippen LogP contribution in [0.2, 0.25) is 0 Å². The largest absolute Gasteiger partial charge is 0.507 e. The van der Waals surface area contributed by atoms with E-state index in [2.05, 4.69) is 20.7 Å². The molecule has 0 amide bonds. The molecule has 2 atom stereocenters. The summed E-state index contributed by atoms with van der Waals surface area (Å²) in [6.07, 6.45) is -2.22. The molecule has 6 nitrogen and oxygen atoms in total. The standard InChI is InChI=1S/C12H13BrFNO5/c1-2-20-12(19)8(14)9(15)7-6(13)4-3-5(10(7)16)11(17)18/h3-4,8-9,16H,2,15H2,1H3,(H,17,18)/t8?,9-/m1/s1. The van der Waals surface area contributed by atoms with Crippen LogP contribution in [0.25, 0.3) is 0 Å². The Bertz CT molecular complexity index is 537. The smallest absolute Gasteiger partial charge is 0.342 e. The van der Waals surface area contributed by atoms with E-state index in [1.807, 2.05) is 0 Å². The molecular weight excluding hydrogens is 337 g/mol. The molecule has 1 aromatic carbocycles. The summed E-state index contributed by atoms with van der Waals surface area (Å²) in [5, 5.41) is 18.8. The molecule has 0 saturated heterocycles. The minimum absolute atomic E-state index is 0.0196. The first-order valence-electron chi connectivity index (χ1n) is 5.62. The molecule has 4 N–H and O–H groups in total. The van der Waals surface area contributed by atoms with Crippen molar-refractivity contribution in [2.75, 3.05) is 6.61 Å². The maximum atomic E-state index is 13.9. The normalized spacial score (nSPS) is 13.6. The van der Waals surface area contributed by atoms with Gasteiger partial charge in [0.15, 0.2) is 0 Å². The third-order valence-corrected chi connectivity index (χ3v) is 3.25. The van der Waals surface area contributed by atoms with Gasteiger partial charge in [-0.05, 0) is 19.1 Å². The average Bonchev–Trinajstić information content (AvgIpc) is 2.37. The van der Waals surface area contributed by atoms with Crippen molar-refractivity contribution in [1.82, 2.24) is 0 Å². The molecule has 0 aliphatic rings. The minimum atomic E-state index is -2.22. The lowest BCUT2D eigenvalue weighted by molar-refractivity contribution is -0.149. The number of esters is 1. The molecule has 0 bridgehead atoms. The summed E-state index contributed by atoms with van der Waals surface area (Å²) in [6, 6.07) is 0.883. The van der Waals surface area contributed by atoms with Gasteiger partial charge in [-0.15, -0.1) is 0 Å². The van der Waals surface area contributed by atoms with Crippen LogP contribution in [0, 0.1) is 0 Å². The maximum absolute atomic E-state index is 13.9. The lowest BCUT2D eigenvalue weighted by atomic mass is 9.99. The van der Waals surface area contributed by atoms with E-state index >= 15 is 0 Å². The van der Waals surface area contributed by atoms with E-state index in [1.165, 1.54) is 13.0 Å². The molecular formula is C12H13BrFNO5. The Labute approximate surface area is 122 Å². The van der Waals surface area contributed by atoms with Crippen molar-refractivity contribution in [2.24, 2.45) is 5.73 Å². The van der Waals surface area contributed by atoms with Gasteiger partial charge in [-0.2, -0.15) is 0 Å². The van der Waals surface area contributed by atoms with E-state index in [0.717, 1.165) is 6.07 Å². The van der Waals surface area contributed by atoms with Crippen molar-refractivity contribution in [3.63, 3.8) is 0 Å². The third-order valence-electron chi connectivity index (χ3n) is 2.55. The fourth-order valence-electron chi connectivity index (χ4n) is 1.59. The Hall–Kier alpha value is -1.67. The first-order chi connectivity index (χ1) is 9.31. The molecule has 110 valence electrons. The monoisotopic (exact) mass is 349 g/mol. The van der Waals surface area contributed by atoms with Crippen LogP contribution < -0.4 is 5.73 Å². The van der Waals surface area contributed by atoms with Gasteiger partial charge in [0.05, 0.1) is 12.6 Å². The lowest BCUT2D eigenvalue weighted by Gasteiger charge is -2.19. The SMILES string of the molecule is CCOC(=O)C(F)[C@H](N)c1c(Br)ccc(C(=O)O)c1O. The van der Waals surface area contributed by atoms with Gasteiger partial charge in [-0.25, -0.2) is 14.0 Å².